The number of ether oxygens (including phenoxy) is 1. The summed E-state index contributed by atoms with van der Waals surface area (Å²) < 4.78 is 5.36. The molecule has 1 aliphatic rings. The minimum absolute atomic E-state index is 0.551. The Balaban J connectivity index is 1.83. The molecule has 3 nitrogen and oxygen atoms in total. The molecule has 1 aliphatic heterocycles. The van der Waals surface area contributed by atoms with Crippen molar-refractivity contribution in [1.29, 1.82) is 0 Å². The molecule has 1 saturated heterocycles. The Kier molecular flexibility index (Phi) is 4.98. The van der Waals surface area contributed by atoms with Gasteiger partial charge < -0.3 is 10.5 Å². The average Bonchev–Trinajstić information content (AvgIpc) is 2.40. The minimum Gasteiger partial charge on any atom is -0.379 e. The lowest BCUT2D eigenvalue weighted by Crippen LogP contribution is -2.41. The quantitative estimate of drug-likeness (QED) is 0.830. The van der Waals surface area contributed by atoms with E-state index in [0.717, 1.165) is 45.8 Å². The van der Waals surface area contributed by atoms with Crippen LogP contribution < -0.4 is 5.73 Å². The fourth-order valence-electron chi connectivity index (χ4n) is 2.32. The molecule has 0 saturated carbocycles. The van der Waals surface area contributed by atoms with Crippen molar-refractivity contribution in [2.75, 3.05) is 39.4 Å². The minimum atomic E-state index is 0.551. The van der Waals surface area contributed by atoms with Crippen molar-refractivity contribution in [3.8, 4) is 0 Å². The molecule has 17 heavy (non-hydrogen) atoms. The lowest BCUT2D eigenvalue weighted by atomic mass is 9.99. The highest BCUT2D eigenvalue weighted by molar-refractivity contribution is 5.15. The van der Waals surface area contributed by atoms with E-state index in [1.807, 2.05) is 0 Å². The fourth-order valence-corrected chi connectivity index (χ4v) is 2.32. The third kappa shape index (κ3) is 4.11. The lowest BCUT2D eigenvalue weighted by Gasteiger charge is -2.30. The summed E-state index contributed by atoms with van der Waals surface area (Å²) in [7, 11) is 0. The maximum absolute atomic E-state index is 5.88. The van der Waals surface area contributed by atoms with E-state index < -0.39 is 0 Å². The SMILES string of the molecule is NCC(Cc1ccccc1)CN1CCOCC1. The van der Waals surface area contributed by atoms with Gasteiger partial charge >= 0.3 is 0 Å². The van der Waals surface area contributed by atoms with Gasteiger partial charge in [0.05, 0.1) is 13.2 Å². The van der Waals surface area contributed by atoms with Crippen LogP contribution in [0.15, 0.2) is 30.3 Å². The molecule has 94 valence electrons. The highest BCUT2D eigenvalue weighted by Crippen LogP contribution is 2.10. The summed E-state index contributed by atoms with van der Waals surface area (Å²) in [6.07, 6.45) is 1.08. The van der Waals surface area contributed by atoms with Gasteiger partial charge in [0.15, 0.2) is 0 Å². The van der Waals surface area contributed by atoms with Crippen LogP contribution in [0.5, 0.6) is 0 Å². The number of nitrogens with two attached hydrogens (primary N) is 1. The Morgan fingerprint density at radius 3 is 2.53 bits per heavy atom. The molecule has 2 N–H and O–H groups in total. The van der Waals surface area contributed by atoms with Crippen molar-refractivity contribution < 1.29 is 4.74 Å². The molecule has 1 aromatic carbocycles. The summed E-state index contributed by atoms with van der Waals surface area (Å²) in [5, 5.41) is 0. The number of hydrogen-bond donors (Lipinski definition) is 1. The topological polar surface area (TPSA) is 38.5 Å². The van der Waals surface area contributed by atoms with Crippen LogP contribution in [0.25, 0.3) is 0 Å². The normalized spacial score (nSPS) is 19.1. The average molecular weight is 234 g/mol. The zero-order valence-electron chi connectivity index (χ0n) is 10.3. The van der Waals surface area contributed by atoms with Crippen molar-refractivity contribution >= 4 is 0 Å². The molecule has 1 heterocycles. The summed E-state index contributed by atoms with van der Waals surface area (Å²) in [5.74, 6) is 0.551. The Morgan fingerprint density at radius 2 is 1.88 bits per heavy atom. The van der Waals surface area contributed by atoms with E-state index >= 15 is 0 Å². The highest BCUT2D eigenvalue weighted by Gasteiger charge is 2.15. The van der Waals surface area contributed by atoms with Crippen molar-refractivity contribution in [1.82, 2.24) is 4.90 Å². The van der Waals surface area contributed by atoms with E-state index in [0.29, 0.717) is 5.92 Å². The maximum Gasteiger partial charge on any atom is 0.0594 e. The first-order valence-electron chi connectivity index (χ1n) is 6.42. The Hall–Kier alpha value is -0.900. The molecule has 3 heteroatoms. The van der Waals surface area contributed by atoms with Gasteiger partial charge in [-0.1, -0.05) is 30.3 Å². The van der Waals surface area contributed by atoms with Crippen LogP contribution in [0.3, 0.4) is 0 Å². The Bertz CT molecular complexity index is 309. The molecule has 1 unspecified atom stereocenters. The zero-order chi connectivity index (χ0) is 11.9. The monoisotopic (exact) mass is 234 g/mol. The van der Waals surface area contributed by atoms with Gasteiger partial charge in [-0.2, -0.15) is 0 Å². The molecule has 0 aromatic heterocycles. The number of rotatable bonds is 5. The van der Waals surface area contributed by atoms with Crippen molar-refractivity contribution in [2.24, 2.45) is 11.7 Å². The first kappa shape index (κ1) is 12.6. The van der Waals surface area contributed by atoms with E-state index in [9.17, 15) is 0 Å². The molecular weight excluding hydrogens is 212 g/mol. The number of morpholine rings is 1. The van der Waals surface area contributed by atoms with E-state index in [2.05, 4.69) is 35.2 Å². The van der Waals surface area contributed by atoms with Gasteiger partial charge in [-0.15, -0.1) is 0 Å². The zero-order valence-corrected chi connectivity index (χ0v) is 10.3. The van der Waals surface area contributed by atoms with Gasteiger partial charge in [-0.05, 0) is 24.4 Å². The van der Waals surface area contributed by atoms with Crippen molar-refractivity contribution in [3.05, 3.63) is 35.9 Å². The summed E-state index contributed by atoms with van der Waals surface area (Å²) in [4.78, 5) is 2.46. The predicted molar refractivity (Wildman–Crippen MR) is 69.9 cm³/mol. The molecule has 1 fully saturated rings. The standard InChI is InChI=1S/C14H22N2O/c15-11-14(10-13-4-2-1-3-5-13)12-16-6-8-17-9-7-16/h1-5,14H,6-12,15H2. The van der Waals surface area contributed by atoms with Gasteiger partial charge in [0.1, 0.15) is 0 Å². The largest absolute Gasteiger partial charge is 0.379 e. The Morgan fingerprint density at radius 1 is 1.18 bits per heavy atom. The van der Waals surface area contributed by atoms with Gasteiger partial charge in [0, 0.05) is 19.6 Å². The first-order valence-corrected chi connectivity index (χ1v) is 6.42. The van der Waals surface area contributed by atoms with Crippen LogP contribution >= 0.6 is 0 Å². The molecule has 0 amide bonds. The molecule has 2 rings (SSSR count). The van der Waals surface area contributed by atoms with Gasteiger partial charge in [-0.25, -0.2) is 0 Å². The van der Waals surface area contributed by atoms with Crippen LogP contribution in [0.2, 0.25) is 0 Å². The van der Waals surface area contributed by atoms with Crippen LogP contribution in [-0.4, -0.2) is 44.3 Å². The van der Waals surface area contributed by atoms with E-state index in [-0.39, 0.29) is 0 Å². The third-order valence-electron chi connectivity index (χ3n) is 3.32. The van der Waals surface area contributed by atoms with Crippen molar-refractivity contribution in [2.45, 2.75) is 6.42 Å². The van der Waals surface area contributed by atoms with E-state index in [4.69, 9.17) is 10.5 Å². The summed E-state index contributed by atoms with van der Waals surface area (Å²) >= 11 is 0. The fraction of sp³-hybridized carbons (Fsp3) is 0.571. The molecule has 1 aromatic rings. The van der Waals surface area contributed by atoms with Gasteiger partial charge in [0.2, 0.25) is 0 Å². The number of benzene rings is 1. The molecule has 0 aliphatic carbocycles. The lowest BCUT2D eigenvalue weighted by molar-refractivity contribution is 0.0312. The van der Waals surface area contributed by atoms with Gasteiger partial charge in [-0.3, -0.25) is 4.90 Å². The van der Waals surface area contributed by atoms with Crippen molar-refractivity contribution in [3.63, 3.8) is 0 Å². The number of nitrogens with zero attached hydrogens (tertiary/aromatic N) is 1. The molecule has 0 radical (unpaired) electrons. The van der Waals surface area contributed by atoms with E-state index in [1.165, 1.54) is 5.56 Å². The second-order valence-corrected chi connectivity index (χ2v) is 4.70. The first-order chi connectivity index (χ1) is 8.38. The summed E-state index contributed by atoms with van der Waals surface area (Å²) in [6, 6.07) is 10.6. The predicted octanol–water partition coefficient (Wildman–Crippen LogP) is 1.14. The van der Waals surface area contributed by atoms with Crippen LogP contribution in [0.4, 0.5) is 0 Å². The van der Waals surface area contributed by atoms with Crippen LogP contribution in [-0.2, 0) is 11.2 Å². The van der Waals surface area contributed by atoms with Gasteiger partial charge in [0.25, 0.3) is 0 Å². The van der Waals surface area contributed by atoms with E-state index in [1.54, 1.807) is 0 Å². The summed E-state index contributed by atoms with van der Waals surface area (Å²) in [6.45, 7) is 5.67. The van der Waals surface area contributed by atoms with Crippen LogP contribution in [0.1, 0.15) is 5.56 Å². The highest BCUT2D eigenvalue weighted by atomic mass is 16.5. The molecule has 0 spiro atoms. The molecular formula is C14H22N2O. The number of hydrogen-bond acceptors (Lipinski definition) is 3. The summed E-state index contributed by atoms with van der Waals surface area (Å²) in [5.41, 5.74) is 7.27. The second-order valence-electron chi connectivity index (χ2n) is 4.70. The van der Waals surface area contributed by atoms with Crippen LogP contribution in [0, 0.1) is 5.92 Å². The maximum atomic E-state index is 5.88. The second kappa shape index (κ2) is 6.74. The Labute approximate surface area is 104 Å². The molecule has 1 atom stereocenters. The smallest absolute Gasteiger partial charge is 0.0594 e. The third-order valence-corrected chi connectivity index (χ3v) is 3.32. The molecule has 0 bridgehead atoms.